The molecule has 0 fully saturated rings. The minimum absolute atomic E-state index is 0.0140. The Morgan fingerprint density at radius 2 is 1.81 bits per heavy atom. The number of methoxy groups -OCH3 is 1. The number of hydrogen-bond donors (Lipinski definition) is 1. The van der Waals surface area contributed by atoms with E-state index in [1.54, 1.807) is 57.5 Å². The van der Waals surface area contributed by atoms with Gasteiger partial charge in [-0.05, 0) is 24.3 Å². The fourth-order valence-corrected chi connectivity index (χ4v) is 3.49. The van der Waals surface area contributed by atoms with Crippen LogP contribution in [0.3, 0.4) is 0 Å². The molecule has 2 heterocycles. The number of rotatable bonds is 3. The number of alkyl halides is 3. The number of ether oxygens (including phenoxy) is 1. The number of hydrazone groups is 1. The van der Waals surface area contributed by atoms with E-state index in [4.69, 9.17) is 4.74 Å². The molecule has 3 rings (SSSR count). The summed E-state index contributed by atoms with van der Waals surface area (Å²) in [5.41, 5.74) is -2.22. The second-order valence-corrected chi connectivity index (χ2v) is 8.18. The molecular formula is C18H20F3N3O2S. The third-order valence-corrected chi connectivity index (χ3v) is 5.18. The average molecular weight is 399 g/mol. The zero-order valence-electron chi connectivity index (χ0n) is 15.3. The van der Waals surface area contributed by atoms with Gasteiger partial charge in [-0.1, -0.05) is 20.8 Å². The molecule has 0 unspecified atom stereocenters. The van der Waals surface area contributed by atoms with Gasteiger partial charge in [-0.2, -0.15) is 23.3 Å². The molecule has 0 aliphatic carbocycles. The number of halogens is 3. The lowest BCUT2D eigenvalue weighted by Crippen LogP contribution is -2.55. The molecule has 0 bridgehead atoms. The van der Waals surface area contributed by atoms with Crippen LogP contribution in [0.2, 0.25) is 0 Å². The molecule has 1 aliphatic rings. The van der Waals surface area contributed by atoms with Gasteiger partial charge in [-0.25, -0.2) is 4.98 Å². The van der Waals surface area contributed by atoms with E-state index in [1.165, 1.54) is 0 Å². The molecule has 5 nitrogen and oxygen atoms in total. The molecule has 1 aromatic heterocycles. The maximum Gasteiger partial charge on any atom is 0.438 e. The van der Waals surface area contributed by atoms with E-state index >= 15 is 0 Å². The molecule has 1 N–H and O–H groups in total. The van der Waals surface area contributed by atoms with Crippen LogP contribution < -0.4 is 9.75 Å². The molecule has 2 aromatic rings. The normalized spacial score (nSPS) is 20.7. The van der Waals surface area contributed by atoms with Crippen molar-refractivity contribution in [2.45, 2.75) is 39.1 Å². The van der Waals surface area contributed by atoms with Crippen molar-refractivity contribution in [3.8, 4) is 17.0 Å². The summed E-state index contributed by atoms with van der Waals surface area (Å²) in [5.74, 6) is 0.666. The minimum Gasteiger partial charge on any atom is -0.497 e. The Labute approximate surface area is 159 Å². The van der Waals surface area contributed by atoms with E-state index in [1.807, 2.05) is 0 Å². The summed E-state index contributed by atoms with van der Waals surface area (Å²) in [4.78, 5) is 4.28. The molecule has 27 heavy (non-hydrogen) atoms. The lowest BCUT2D eigenvalue weighted by atomic mass is 9.86. The largest absolute Gasteiger partial charge is 0.497 e. The van der Waals surface area contributed by atoms with Crippen molar-refractivity contribution in [1.29, 1.82) is 0 Å². The maximum atomic E-state index is 13.7. The number of aromatic nitrogens is 1. The summed E-state index contributed by atoms with van der Waals surface area (Å²) in [7, 11) is 1.55. The zero-order valence-corrected chi connectivity index (χ0v) is 16.1. The van der Waals surface area contributed by atoms with E-state index in [-0.39, 0.29) is 10.8 Å². The third-order valence-electron chi connectivity index (χ3n) is 4.36. The standard InChI is InChI=1S/C18H20F3N3O2S/c1-16(2,3)14-9-17(25,18(19,20)21)24(23-14)15-22-13(10-27-15)11-5-7-12(26-4)8-6-11/h5-8,10,25H,9H2,1-4H3/t17-/m0/s1. The Bertz CT molecular complexity index is 856. The Balaban J connectivity index is 1.99. The SMILES string of the molecule is COc1ccc(-c2csc(N3N=C(C(C)(C)C)C[C@]3(O)C(F)(F)F)n2)cc1. The predicted octanol–water partition coefficient (Wildman–Crippen LogP) is 4.68. The van der Waals surface area contributed by atoms with Crippen molar-refractivity contribution in [3.05, 3.63) is 29.6 Å². The number of thiazole rings is 1. The number of nitrogens with zero attached hydrogens (tertiary/aromatic N) is 3. The van der Waals surface area contributed by atoms with Gasteiger partial charge in [0.05, 0.1) is 12.8 Å². The van der Waals surface area contributed by atoms with Crippen molar-refractivity contribution < 1.29 is 23.0 Å². The van der Waals surface area contributed by atoms with Crippen molar-refractivity contribution in [3.63, 3.8) is 0 Å². The van der Waals surface area contributed by atoms with Gasteiger partial charge in [0, 0.05) is 28.5 Å². The van der Waals surface area contributed by atoms with Gasteiger partial charge in [0.25, 0.3) is 5.72 Å². The summed E-state index contributed by atoms with van der Waals surface area (Å²) in [6, 6.07) is 7.02. The molecule has 0 amide bonds. The van der Waals surface area contributed by atoms with E-state index in [0.29, 0.717) is 16.5 Å². The molecule has 0 spiro atoms. The van der Waals surface area contributed by atoms with E-state index in [0.717, 1.165) is 16.9 Å². The van der Waals surface area contributed by atoms with E-state index in [2.05, 4.69) is 10.1 Å². The Morgan fingerprint density at radius 1 is 1.19 bits per heavy atom. The first-order chi connectivity index (χ1) is 12.5. The van der Waals surface area contributed by atoms with Crippen LogP contribution in [-0.2, 0) is 0 Å². The van der Waals surface area contributed by atoms with E-state index < -0.39 is 23.7 Å². The number of hydrogen-bond acceptors (Lipinski definition) is 6. The summed E-state index contributed by atoms with van der Waals surface area (Å²) in [6.07, 6.45) is -5.49. The van der Waals surface area contributed by atoms with Gasteiger partial charge in [-0.15, -0.1) is 11.3 Å². The average Bonchev–Trinajstić information content (AvgIpc) is 3.19. The predicted molar refractivity (Wildman–Crippen MR) is 99.1 cm³/mol. The quantitative estimate of drug-likeness (QED) is 0.814. The van der Waals surface area contributed by atoms with Crippen LogP contribution in [-0.4, -0.2) is 34.8 Å². The van der Waals surface area contributed by atoms with Crippen LogP contribution in [0.15, 0.2) is 34.7 Å². The minimum atomic E-state index is -4.88. The summed E-state index contributed by atoms with van der Waals surface area (Å²) < 4.78 is 46.1. The van der Waals surface area contributed by atoms with Crippen LogP contribution in [0.25, 0.3) is 11.3 Å². The molecule has 9 heteroatoms. The first-order valence-electron chi connectivity index (χ1n) is 8.23. The second-order valence-electron chi connectivity index (χ2n) is 7.34. The van der Waals surface area contributed by atoms with Gasteiger partial charge < -0.3 is 9.84 Å². The molecular weight excluding hydrogens is 379 g/mol. The van der Waals surface area contributed by atoms with Gasteiger partial charge >= 0.3 is 6.18 Å². The highest BCUT2D eigenvalue weighted by molar-refractivity contribution is 7.14. The lowest BCUT2D eigenvalue weighted by Gasteiger charge is -2.32. The highest BCUT2D eigenvalue weighted by atomic mass is 32.1. The summed E-state index contributed by atoms with van der Waals surface area (Å²) in [5, 5.41) is 16.8. The van der Waals surface area contributed by atoms with Crippen LogP contribution >= 0.6 is 11.3 Å². The Kier molecular flexibility index (Phi) is 4.72. The first kappa shape index (κ1) is 19.6. The molecule has 1 aromatic carbocycles. The van der Waals surface area contributed by atoms with Gasteiger partial charge in [-0.3, -0.25) is 0 Å². The van der Waals surface area contributed by atoms with Gasteiger partial charge in [0.2, 0.25) is 5.13 Å². The molecule has 1 atom stereocenters. The molecule has 0 radical (unpaired) electrons. The molecule has 0 saturated heterocycles. The van der Waals surface area contributed by atoms with Crippen LogP contribution in [0, 0.1) is 5.41 Å². The Morgan fingerprint density at radius 3 is 2.33 bits per heavy atom. The highest BCUT2D eigenvalue weighted by Crippen LogP contribution is 2.46. The first-order valence-corrected chi connectivity index (χ1v) is 9.11. The zero-order chi connectivity index (χ0) is 20.0. The van der Waals surface area contributed by atoms with Gasteiger partial charge in [0.15, 0.2) is 0 Å². The maximum absolute atomic E-state index is 13.7. The second kappa shape index (κ2) is 6.49. The summed E-state index contributed by atoms with van der Waals surface area (Å²) >= 11 is 0.999. The number of aliphatic hydroxyl groups is 1. The topological polar surface area (TPSA) is 58.0 Å². The fraction of sp³-hybridized carbons (Fsp3) is 0.444. The highest BCUT2D eigenvalue weighted by Gasteiger charge is 2.63. The molecule has 146 valence electrons. The van der Waals surface area contributed by atoms with Crippen molar-refractivity contribution in [1.82, 2.24) is 4.98 Å². The fourth-order valence-electron chi connectivity index (χ4n) is 2.64. The smallest absolute Gasteiger partial charge is 0.438 e. The van der Waals surface area contributed by atoms with Crippen molar-refractivity contribution in [2.24, 2.45) is 10.5 Å². The van der Waals surface area contributed by atoms with Crippen molar-refractivity contribution in [2.75, 3.05) is 12.1 Å². The monoisotopic (exact) mass is 399 g/mol. The lowest BCUT2D eigenvalue weighted by molar-refractivity contribution is -0.254. The van der Waals surface area contributed by atoms with Crippen molar-refractivity contribution >= 4 is 22.2 Å². The van der Waals surface area contributed by atoms with Crippen LogP contribution in [0.1, 0.15) is 27.2 Å². The molecule has 1 aliphatic heterocycles. The van der Waals surface area contributed by atoms with E-state index in [9.17, 15) is 18.3 Å². The summed E-state index contributed by atoms with van der Waals surface area (Å²) in [6.45, 7) is 5.28. The molecule has 0 saturated carbocycles. The third kappa shape index (κ3) is 3.53. The van der Waals surface area contributed by atoms with Crippen LogP contribution in [0.4, 0.5) is 18.3 Å². The number of anilines is 1. The van der Waals surface area contributed by atoms with Crippen LogP contribution in [0.5, 0.6) is 5.75 Å². The van der Waals surface area contributed by atoms with Gasteiger partial charge in [0.1, 0.15) is 5.75 Å². The Hall–Kier alpha value is -2.13. The number of benzene rings is 1.